The molecule has 2 atom stereocenters. The summed E-state index contributed by atoms with van der Waals surface area (Å²) in [6.45, 7) is -0.515. The van der Waals surface area contributed by atoms with Crippen molar-refractivity contribution in [2.45, 2.75) is 18.5 Å². The molecule has 0 aromatic rings. The first-order chi connectivity index (χ1) is 9.78. The average Bonchev–Trinajstić information content (AvgIpc) is 2.76. The molecule has 2 heterocycles. The van der Waals surface area contributed by atoms with Crippen molar-refractivity contribution in [1.29, 1.82) is 0 Å². The summed E-state index contributed by atoms with van der Waals surface area (Å²) in [5, 5.41) is 14.2. The minimum atomic E-state index is -3.23. The molecule has 2 amide bonds. The van der Waals surface area contributed by atoms with Gasteiger partial charge in [-0.2, -0.15) is 0 Å². The predicted octanol–water partition coefficient (Wildman–Crippen LogP) is -2.83. The highest BCUT2D eigenvalue weighted by atomic mass is 32.2. The third-order valence-electron chi connectivity index (χ3n) is 3.55. The number of sulfone groups is 1. The summed E-state index contributed by atoms with van der Waals surface area (Å²) < 4.78 is 23.0. The summed E-state index contributed by atoms with van der Waals surface area (Å²) in [5.41, 5.74) is 0. The Morgan fingerprint density at radius 1 is 1.38 bits per heavy atom. The second kappa shape index (κ2) is 5.98. The zero-order chi connectivity index (χ0) is 15.6. The van der Waals surface area contributed by atoms with Crippen LogP contribution in [-0.4, -0.2) is 79.4 Å². The van der Waals surface area contributed by atoms with Gasteiger partial charge in [0.2, 0.25) is 11.8 Å². The molecule has 21 heavy (non-hydrogen) atoms. The SMILES string of the molecule is O=C(O)CN(C(=O)C1CNC(=O)CN1)C1CCS(=O)(=O)C1. The molecule has 2 fully saturated rings. The molecule has 0 radical (unpaired) electrons. The van der Waals surface area contributed by atoms with E-state index in [4.69, 9.17) is 5.11 Å². The van der Waals surface area contributed by atoms with E-state index in [0.717, 1.165) is 4.90 Å². The van der Waals surface area contributed by atoms with Gasteiger partial charge in [0, 0.05) is 12.6 Å². The van der Waals surface area contributed by atoms with E-state index >= 15 is 0 Å². The summed E-state index contributed by atoms with van der Waals surface area (Å²) in [6.07, 6.45) is 0.237. The Hall–Kier alpha value is -1.68. The Labute approximate surface area is 121 Å². The molecule has 2 aliphatic heterocycles. The van der Waals surface area contributed by atoms with E-state index in [2.05, 4.69) is 10.6 Å². The highest BCUT2D eigenvalue weighted by Crippen LogP contribution is 2.18. The smallest absolute Gasteiger partial charge is 0.323 e. The Morgan fingerprint density at radius 3 is 2.57 bits per heavy atom. The maximum atomic E-state index is 12.4. The van der Waals surface area contributed by atoms with Crippen molar-refractivity contribution in [2.24, 2.45) is 0 Å². The number of carbonyl (C=O) groups excluding carboxylic acids is 2. The lowest BCUT2D eigenvalue weighted by molar-refractivity contribution is -0.147. The first-order valence-corrected chi connectivity index (χ1v) is 8.33. The topological polar surface area (TPSA) is 133 Å². The van der Waals surface area contributed by atoms with Crippen LogP contribution in [0.4, 0.5) is 0 Å². The zero-order valence-corrected chi connectivity index (χ0v) is 12.1. The molecule has 0 bridgehead atoms. The molecular weight excluding hydrogens is 302 g/mol. The van der Waals surface area contributed by atoms with Crippen molar-refractivity contribution >= 4 is 27.6 Å². The molecule has 10 heteroatoms. The fourth-order valence-corrected chi connectivity index (χ4v) is 4.23. The second-order valence-electron chi connectivity index (χ2n) is 5.15. The fraction of sp³-hybridized carbons (Fsp3) is 0.727. The Kier molecular flexibility index (Phi) is 4.47. The maximum Gasteiger partial charge on any atom is 0.323 e. The highest BCUT2D eigenvalue weighted by molar-refractivity contribution is 7.91. The number of carboxylic acids is 1. The minimum absolute atomic E-state index is 0.0275. The number of nitrogens with zero attached hydrogens (tertiary/aromatic N) is 1. The maximum absolute atomic E-state index is 12.4. The highest BCUT2D eigenvalue weighted by Gasteiger charge is 2.38. The van der Waals surface area contributed by atoms with E-state index < -0.39 is 40.3 Å². The number of hydrogen-bond donors (Lipinski definition) is 3. The van der Waals surface area contributed by atoms with Gasteiger partial charge in [0.15, 0.2) is 9.84 Å². The molecule has 0 spiro atoms. The number of rotatable bonds is 4. The molecule has 0 aromatic carbocycles. The van der Waals surface area contributed by atoms with Gasteiger partial charge in [0.25, 0.3) is 0 Å². The number of nitrogens with one attached hydrogen (secondary N) is 2. The van der Waals surface area contributed by atoms with Crippen molar-refractivity contribution in [3.63, 3.8) is 0 Å². The molecule has 0 aliphatic carbocycles. The van der Waals surface area contributed by atoms with E-state index in [9.17, 15) is 22.8 Å². The first-order valence-electron chi connectivity index (χ1n) is 6.51. The summed E-state index contributed by atoms with van der Waals surface area (Å²) >= 11 is 0. The van der Waals surface area contributed by atoms with Crippen LogP contribution in [0.5, 0.6) is 0 Å². The third-order valence-corrected chi connectivity index (χ3v) is 5.30. The van der Waals surface area contributed by atoms with Crippen molar-refractivity contribution in [3.8, 4) is 0 Å². The van der Waals surface area contributed by atoms with Gasteiger partial charge in [-0.1, -0.05) is 0 Å². The van der Waals surface area contributed by atoms with Crippen LogP contribution in [0.15, 0.2) is 0 Å². The van der Waals surface area contributed by atoms with E-state index in [0.29, 0.717) is 0 Å². The Morgan fingerprint density at radius 2 is 2.10 bits per heavy atom. The van der Waals surface area contributed by atoms with Crippen LogP contribution in [0.1, 0.15) is 6.42 Å². The van der Waals surface area contributed by atoms with Gasteiger partial charge in [-0.25, -0.2) is 8.42 Å². The lowest BCUT2D eigenvalue weighted by atomic mass is 10.1. The summed E-state index contributed by atoms with van der Waals surface area (Å²) in [4.78, 5) is 35.5. The Bertz CT molecular complexity index is 550. The largest absolute Gasteiger partial charge is 0.480 e. The van der Waals surface area contributed by atoms with Gasteiger partial charge in [0.05, 0.1) is 18.1 Å². The second-order valence-corrected chi connectivity index (χ2v) is 7.38. The summed E-state index contributed by atoms with van der Waals surface area (Å²) in [5.74, 6) is -2.21. The van der Waals surface area contributed by atoms with Gasteiger partial charge in [-0.05, 0) is 6.42 Å². The average molecular weight is 319 g/mol. The van der Waals surface area contributed by atoms with E-state index in [-0.39, 0.29) is 36.9 Å². The lowest BCUT2D eigenvalue weighted by Crippen LogP contribution is -2.60. The van der Waals surface area contributed by atoms with Gasteiger partial charge in [0.1, 0.15) is 12.6 Å². The van der Waals surface area contributed by atoms with Crippen molar-refractivity contribution in [2.75, 3.05) is 31.1 Å². The van der Waals surface area contributed by atoms with Crippen LogP contribution < -0.4 is 10.6 Å². The quantitative estimate of drug-likeness (QED) is 0.509. The molecular formula is C11H17N3O6S. The normalized spacial score (nSPS) is 27.9. The number of amides is 2. The summed E-state index contributed by atoms with van der Waals surface area (Å²) in [7, 11) is -3.23. The number of carbonyl (C=O) groups is 3. The minimum Gasteiger partial charge on any atom is -0.480 e. The number of piperazine rings is 1. The molecule has 0 aromatic heterocycles. The summed E-state index contributed by atoms with van der Waals surface area (Å²) in [6, 6.07) is -1.36. The molecule has 3 N–H and O–H groups in total. The van der Waals surface area contributed by atoms with Crippen LogP contribution in [0.3, 0.4) is 0 Å². The van der Waals surface area contributed by atoms with Gasteiger partial charge in [-0.3, -0.25) is 19.7 Å². The van der Waals surface area contributed by atoms with E-state index in [1.165, 1.54) is 0 Å². The predicted molar refractivity (Wildman–Crippen MR) is 71.2 cm³/mol. The van der Waals surface area contributed by atoms with Gasteiger partial charge in [-0.15, -0.1) is 0 Å². The molecule has 118 valence electrons. The monoisotopic (exact) mass is 319 g/mol. The van der Waals surface area contributed by atoms with Crippen LogP contribution in [0.2, 0.25) is 0 Å². The van der Waals surface area contributed by atoms with E-state index in [1.54, 1.807) is 0 Å². The van der Waals surface area contributed by atoms with Gasteiger partial charge >= 0.3 is 5.97 Å². The third kappa shape index (κ3) is 3.91. The molecule has 2 rings (SSSR count). The molecule has 0 saturated carbocycles. The van der Waals surface area contributed by atoms with Crippen molar-refractivity contribution in [3.05, 3.63) is 0 Å². The number of hydrogen-bond acceptors (Lipinski definition) is 6. The number of aliphatic carboxylic acids is 1. The zero-order valence-electron chi connectivity index (χ0n) is 11.2. The molecule has 2 unspecified atom stereocenters. The molecule has 9 nitrogen and oxygen atoms in total. The Balaban J connectivity index is 2.10. The van der Waals surface area contributed by atoms with Gasteiger partial charge < -0.3 is 15.3 Å². The van der Waals surface area contributed by atoms with Crippen LogP contribution in [0, 0.1) is 0 Å². The fourth-order valence-electron chi connectivity index (χ4n) is 2.50. The van der Waals surface area contributed by atoms with Crippen LogP contribution in [0.25, 0.3) is 0 Å². The van der Waals surface area contributed by atoms with Crippen LogP contribution >= 0.6 is 0 Å². The molecule has 2 aliphatic rings. The lowest BCUT2D eigenvalue weighted by Gasteiger charge is -2.32. The number of carboxylic acid groups (broad SMARTS) is 1. The van der Waals surface area contributed by atoms with Crippen LogP contribution in [-0.2, 0) is 24.2 Å². The van der Waals surface area contributed by atoms with Crippen molar-refractivity contribution < 1.29 is 27.9 Å². The van der Waals surface area contributed by atoms with E-state index in [1.807, 2.05) is 0 Å². The molecule has 2 saturated heterocycles. The van der Waals surface area contributed by atoms with Crippen molar-refractivity contribution in [1.82, 2.24) is 15.5 Å². The first kappa shape index (κ1) is 15.7. The standard InChI is InChI=1S/C11H17N3O6S/c15-9-4-12-8(3-13-9)11(18)14(5-10(16)17)7-1-2-21(19,20)6-7/h7-8,12H,1-6H2,(H,13,15)(H,16,17).